The van der Waals surface area contributed by atoms with E-state index in [0.717, 1.165) is 36.6 Å². The van der Waals surface area contributed by atoms with Crippen LogP contribution in [-0.4, -0.2) is 30.6 Å². The number of rotatable bonds is 4. The lowest BCUT2D eigenvalue weighted by Gasteiger charge is -2.36. The van der Waals surface area contributed by atoms with Gasteiger partial charge in [0.2, 0.25) is 4.96 Å². The van der Waals surface area contributed by atoms with Crippen LogP contribution >= 0.6 is 11.3 Å². The number of fused-ring (bicyclic) bond motifs is 2. The summed E-state index contributed by atoms with van der Waals surface area (Å²) in [6.45, 7) is 6.92. The van der Waals surface area contributed by atoms with Crippen molar-refractivity contribution in [3.8, 4) is 0 Å². The zero-order valence-electron chi connectivity index (χ0n) is 14.0. The summed E-state index contributed by atoms with van der Waals surface area (Å²) < 4.78 is 3.75. The van der Waals surface area contributed by atoms with E-state index in [1.54, 1.807) is 6.07 Å². The highest BCUT2D eigenvalue weighted by Crippen LogP contribution is 2.29. The van der Waals surface area contributed by atoms with Crippen LogP contribution in [0.3, 0.4) is 0 Å². The summed E-state index contributed by atoms with van der Waals surface area (Å²) in [5.74, 6) is 0. The summed E-state index contributed by atoms with van der Waals surface area (Å²) in [6, 6.07) is 6.32. The highest BCUT2D eigenvalue weighted by atomic mass is 32.1. The summed E-state index contributed by atoms with van der Waals surface area (Å²) in [4.78, 5) is 20.1. The van der Waals surface area contributed by atoms with Crippen LogP contribution in [0.25, 0.3) is 4.96 Å². The zero-order chi connectivity index (χ0) is 16.7. The number of hydrogen-bond donors (Lipinski definition) is 0. The van der Waals surface area contributed by atoms with E-state index in [0.29, 0.717) is 17.5 Å². The molecule has 0 aliphatic carbocycles. The molecular weight excluding hydrogens is 322 g/mol. The number of hydrogen-bond acceptors (Lipinski definition) is 5. The van der Waals surface area contributed by atoms with E-state index in [1.807, 2.05) is 6.92 Å². The molecule has 0 N–H and O–H groups in total. The van der Waals surface area contributed by atoms with E-state index in [1.165, 1.54) is 21.5 Å². The molecule has 1 aliphatic rings. The molecule has 6 nitrogen and oxygen atoms in total. The van der Waals surface area contributed by atoms with Gasteiger partial charge in [-0.05, 0) is 25.0 Å². The van der Waals surface area contributed by atoms with Gasteiger partial charge in [0.15, 0.2) is 0 Å². The summed E-state index contributed by atoms with van der Waals surface area (Å²) in [6.07, 6.45) is 4.02. The second kappa shape index (κ2) is 6.14. The minimum absolute atomic E-state index is 0.0839. The van der Waals surface area contributed by atoms with Crippen molar-refractivity contribution in [2.24, 2.45) is 0 Å². The molecule has 4 rings (SSSR count). The Hall–Kier alpha value is -1.99. The third-order valence-corrected chi connectivity index (χ3v) is 5.72. The molecular formula is C17H21N5OS. The fraction of sp³-hybridized carbons (Fsp3) is 0.471. The average Bonchev–Trinajstić information content (AvgIpc) is 3.21. The number of aromatic nitrogens is 4. The average molecular weight is 343 g/mol. The molecule has 1 aliphatic heterocycles. The second-order valence-corrected chi connectivity index (χ2v) is 7.19. The fourth-order valence-corrected chi connectivity index (χ4v) is 4.35. The largest absolute Gasteiger partial charge is 0.349 e. The smallest absolute Gasteiger partial charge is 0.275 e. The van der Waals surface area contributed by atoms with Gasteiger partial charge in [0.1, 0.15) is 5.01 Å². The van der Waals surface area contributed by atoms with Crippen LogP contribution in [-0.2, 0) is 19.5 Å². The van der Waals surface area contributed by atoms with E-state index in [-0.39, 0.29) is 5.56 Å². The maximum absolute atomic E-state index is 12.3. The van der Waals surface area contributed by atoms with E-state index in [4.69, 9.17) is 0 Å². The van der Waals surface area contributed by atoms with E-state index < -0.39 is 0 Å². The molecule has 3 aromatic heterocycles. The molecule has 0 unspecified atom stereocenters. The lowest BCUT2D eigenvalue weighted by molar-refractivity contribution is 0.142. The molecule has 0 saturated heterocycles. The summed E-state index contributed by atoms with van der Waals surface area (Å²) in [5, 5.41) is 5.26. The lowest BCUT2D eigenvalue weighted by Crippen LogP contribution is -2.37. The van der Waals surface area contributed by atoms with Crippen LogP contribution in [0.1, 0.15) is 42.7 Å². The van der Waals surface area contributed by atoms with Crippen molar-refractivity contribution in [2.75, 3.05) is 6.54 Å². The Morgan fingerprint density at radius 1 is 1.33 bits per heavy atom. The van der Waals surface area contributed by atoms with Gasteiger partial charge in [0.25, 0.3) is 5.56 Å². The van der Waals surface area contributed by atoms with Crippen molar-refractivity contribution in [2.45, 2.75) is 45.8 Å². The molecule has 24 heavy (non-hydrogen) atoms. The Kier molecular flexibility index (Phi) is 3.97. The quantitative estimate of drug-likeness (QED) is 0.730. The van der Waals surface area contributed by atoms with Gasteiger partial charge in [0.05, 0.1) is 11.7 Å². The fourth-order valence-electron chi connectivity index (χ4n) is 3.50. The van der Waals surface area contributed by atoms with Crippen LogP contribution in [0.2, 0.25) is 0 Å². The van der Waals surface area contributed by atoms with Gasteiger partial charge in [-0.15, -0.1) is 0 Å². The summed E-state index contributed by atoms with van der Waals surface area (Å²) in [5.41, 5.74) is 2.11. The zero-order valence-corrected chi connectivity index (χ0v) is 14.8. The molecule has 0 bridgehead atoms. The minimum atomic E-state index is -0.0839. The van der Waals surface area contributed by atoms with Gasteiger partial charge in [0, 0.05) is 37.6 Å². The van der Waals surface area contributed by atoms with Gasteiger partial charge < -0.3 is 4.57 Å². The first-order valence-electron chi connectivity index (χ1n) is 8.47. The third kappa shape index (κ3) is 2.57. The van der Waals surface area contributed by atoms with Crippen LogP contribution in [0.4, 0.5) is 0 Å². The van der Waals surface area contributed by atoms with Crippen molar-refractivity contribution in [1.82, 2.24) is 24.1 Å². The van der Waals surface area contributed by atoms with Crippen molar-refractivity contribution >= 4 is 16.3 Å². The molecule has 0 radical (unpaired) electrons. The Bertz CT molecular complexity index is 925. The maximum Gasteiger partial charge on any atom is 0.275 e. The van der Waals surface area contributed by atoms with E-state index in [9.17, 15) is 4.79 Å². The third-order valence-electron chi connectivity index (χ3n) is 4.67. The van der Waals surface area contributed by atoms with Gasteiger partial charge in [-0.25, -0.2) is 4.98 Å². The number of nitrogens with zero attached hydrogens (tertiary/aromatic N) is 5. The minimum Gasteiger partial charge on any atom is -0.349 e. The van der Waals surface area contributed by atoms with Gasteiger partial charge >= 0.3 is 0 Å². The molecule has 0 saturated carbocycles. The molecule has 7 heteroatoms. The summed E-state index contributed by atoms with van der Waals surface area (Å²) in [7, 11) is 0. The van der Waals surface area contributed by atoms with Crippen LogP contribution < -0.4 is 5.56 Å². The van der Waals surface area contributed by atoms with Crippen molar-refractivity contribution in [3.05, 3.63) is 51.1 Å². The Morgan fingerprint density at radius 2 is 2.21 bits per heavy atom. The van der Waals surface area contributed by atoms with E-state index in [2.05, 4.69) is 44.8 Å². The van der Waals surface area contributed by atoms with Crippen molar-refractivity contribution in [3.63, 3.8) is 0 Å². The first-order valence-corrected chi connectivity index (χ1v) is 9.29. The molecule has 0 fully saturated rings. The molecule has 3 aromatic rings. The summed E-state index contributed by atoms with van der Waals surface area (Å²) >= 11 is 1.50. The van der Waals surface area contributed by atoms with Gasteiger partial charge in [-0.3, -0.25) is 9.69 Å². The highest BCUT2D eigenvalue weighted by molar-refractivity contribution is 7.16. The Morgan fingerprint density at radius 3 is 3.00 bits per heavy atom. The number of aryl methyl sites for hydroxylation is 1. The van der Waals surface area contributed by atoms with Gasteiger partial charge in [-0.2, -0.15) is 9.61 Å². The van der Waals surface area contributed by atoms with Crippen molar-refractivity contribution in [1.29, 1.82) is 0 Å². The maximum atomic E-state index is 12.3. The van der Waals surface area contributed by atoms with Crippen LogP contribution in [0, 0.1) is 0 Å². The predicted octanol–water partition coefficient (Wildman–Crippen LogP) is 2.48. The normalized spacial score (nSPS) is 18.2. The predicted molar refractivity (Wildman–Crippen MR) is 94.4 cm³/mol. The molecule has 1 atom stereocenters. The van der Waals surface area contributed by atoms with Crippen LogP contribution in [0.15, 0.2) is 29.2 Å². The van der Waals surface area contributed by atoms with Gasteiger partial charge in [-0.1, -0.05) is 25.2 Å². The Labute approximate surface area is 144 Å². The first-order chi connectivity index (χ1) is 11.7. The standard InChI is InChI=1S/C17H21N5OS/c1-3-13-14-6-5-7-20(14)8-9-21(13)11-12-10-16(23)22-17(18-12)24-15(4-2)19-22/h5-7,10,13H,3-4,8-9,11H2,1-2H3/t13-/m0/s1. The Balaban J connectivity index is 1.65. The first kappa shape index (κ1) is 15.5. The molecule has 0 spiro atoms. The van der Waals surface area contributed by atoms with Crippen molar-refractivity contribution < 1.29 is 0 Å². The lowest BCUT2D eigenvalue weighted by atomic mass is 10.1. The molecule has 4 heterocycles. The molecule has 0 aromatic carbocycles. The van der Waals surface area contributed by atoms with E-state index >= 15 is 0 Å². The molecule has 0 amide bonds. The van der Waals surface area contributed by atoms with Crippen LogP contribution in [0.5, 0.6) is 0 Å². The molecule has 126 valence electrons. The highest BCUT2D eigenvalue weighted by Gasteiger charge is 2.26. The topological polar surface area (TPSA) is 55.4 Å². The SMILES string of the molecule is CCc1nn2c(=O)cc(CN3CCn4cccc4[C@@H]3CC)nc2s1. The monoisotopic (exact) mass is 343 g/mol. The second-order valence-electron chi connectivity index (χ2n) is 6.15.